The van der Waals surface area contributed by atoms with Crippen molar-refractivity contribution in [1.82, 2.24) is 34.7 Å². The van der Waals surface area contributed by atoms with E-state index in [0.29, 0.717) is 5.69 Å². The van der Waals surface area contributed by atoms with E-state index in [1.54, 1.807) is 13.8 Å². The number of nitriles is 1. The summed E-state index contributed by atoms with van der Waals surface area (Å²) in [5.74, 6) is -0.652. The van der Waals surface area contributed by atoms with Gasteiger partial charge in [0.25, 0.3) is 0 Å². The summed E-state index contributed by atoms with van der Waals surface area (Å²) in [6.07, 6.45) is -2.13. The molecule has 4 aromatic heterocycles. The van der Waals surface area contributed by atoms with E-state index >= 15 is 0 Å². The maximum absolute atomic E-state index is 14.4. The van der Waals surface area contributed by atoms with Crippen molar-refractivity contribution in [2.24, 2.45) is 7.05 Å². The Morgan fingerprint density at radius 1 is 1.26 bits per heavy atom. The van der Waals surface area contributed by atoms with Crippen LogP contribution >= 0.6 is 0 Å². The molecule has 0 aliphatic carbocycles. The Labute approximate surface area is 173 Å². The lowest BCUT2D eigenvalue weighted by molar-refractivity contribution is -0.141. The normalized spacial score (nSPS) is 12.5. The Hall–Kier alpha value is -3.75. The van der Waals surface area contributed by atoms with Crippen LogP contribution in [0.4, 0.5) is 17.6 Å². The molecule has 0 saturated heterocycles. The maximum Gasteiger partial charge on any atom is 0.408 e. The van der Waals surface area contributed by atoms with Gasteiger partial charge in [-0.15, -0.1) is 0 Å². The zero-order chi connectivity index (χ0) is 22.6. The van der Waals surface area contributed by atoms with Gasteiger partial charge in [-0.1, -0.05) is 0 Å². The summed E-state index contributed by atoms with van der Waals surface area (Å²) < 4.78 is 56.4. The van der Waals surface area contributed by atoms with Gasteiger partial charge in [-0.25, -0.2) is 9.37 Å². The monoisotopic (exact) mass is 432 g/mol. The van der Waals surface area contributed by atoms with Crippen LogP contribution in [0.2, 0.25) is 0 Å². The van der Waals surface area contributed by atoms with E-state index in [2.05, 4.69) is 31.4 Å². The second kappa shape index (κ2) is 6.90. The minimum Gasteiger partial charge on any atom is -0.276 e. The summed E-state index contributed by atoms with van der Waals surface area (Å²) in [6.45, 7) is 1.74. The molecule has 31 heavy (non-hydrogen) atoms. The zero-order valence-electron chi connectivity index (χ0n) is 16.7. The predicted molar refractivity (Wildman–Crippen MR) is 102 cm³/mol. The molecule has 0 spiro atoms. The molecule has 4 heterocycles. The van der Waals surface area contributed by atoms with E-state index in [1.165, 1.54) is 30.1 Å². The number of aryl methyl sites for hydroxylation is 1. The van der Waals surface area contributed by atoms with Gasteiger partial charge in [0.15, 0.2) is 5.82 Å². The SMILES string of the molecule is Cn1ncc(F)c1-c1cc(C(C)(C)C#N)c2c(n1)c(-c1ccn[nH]1)nn2CC(F)(F)F. The third-order valence-electron chi connectivity index (χ3n) is 4.87. The number of hydrogen-bond donors (Lipinski definition) is 1. The fourth-order valence-electron chi connectivity index (χ4n) is 3.39. The quantitative estimate of drug-likeness (QED) is 0.496. The number of fused-ring (bicyclic) bond motifs is 1. The van der Waals surface area contributed by atoms with Gasteiger partial charge in [-0.3, -0.25) is 14.5 Å². The number of alkyl halides is 3. The molecule has 0 aliphatic rings. The number of nitrogens with zero attached hydrogens (tertiary/aromatic N) is 7. The molecule has 0 aliphatic heterocycles. The summed E-state index contributed by atoms with van der Waals surface area (Å²) in [7, 11) is 1.52. The van der Waals surface area contributed by atoms with Crippen molar-refractivity contribution >= 4 is 11.0 Å². The second-order valence-electron chi connectivity index (χ2n) is 7.55. The average molecular weight is 432 g/mol. The number of pyridine rings is 1. The van der Waals surface area contributed by atoms with Gasteiger partial charge >= 0.3 is 6.18 Å². The van der Waals surface area contributed by atoms with Crippen molar-refractivity contribution in [3.63, 3.8) is 0 Å². The smallest absolute Gasteiger partial charge is 0.276 e. The Bertz CT molecular complexity index is 1290. The largest absolute Gasteiger partial charge is 0.408 e. The highest BCUT2D eigenvalue weighted by Gasteiger charge is 2.34. The summed E-state index contributed by atoms with van der Waals surface area (Å²) in [4.78, 5) is 4.45. The van der Waals surface area contributed by atoms with E-state index in [0.717, 1.165) is 10.9 Å². The van der Waals surface area contributed by atoms with Gasteiger partial charge in [0.1, 0.15) is 23.4 Å². The van der Waals surface area contributed by atoms with E-state index < -0.39 is 24.0 Å². The standard InChI is InChI=1S/C19H16F4N8/c1-18(2,8-24)10-6-13(17-11(20)7-26-30(17)3)27-15-14(12-4-5-25-28-12)29-31(16(10)15)9-19(21,22)23/h4-7H,9H2,1-3H3,(H,25,28). The highest BCUT2D eigenvalue weighted by molar-refractivity contribution is 5.93. The molecule has 0 bridgehead atoms. The van der Waals surface area contributed by atoms with Crippen LogP contribution in [0.3, 0.4) is 0 Å². The minimum absolute atomic E-state index is 0.0380. The molecule has 0 saturated carbocycles. The second-order valence-corrected chi connectivity index (χ2v) is 7.55. The van der Waals surface area contributed by atoms with Gasteiger partial charge in [-0.05, 0) is 26.0 Å². The first-order valence-electron chi connectivity index (χ1n) is 9.09. The van der Waals surface area contributed by atoms with Gasteiger partial charge in [0.2, 0.25) is 0 Å². The van der Waals surface area contributed by atoms with Crippen molar-refractivity contribution in [2.45, 2.75) is 32.0 Å². The highest BCUT2D eigenvalue weighted by Crippen LogP contribution is 2.37. The van der Waals surface area contributed by atoms with E-state index in [-0.39, 0.29) is 33.7 Å². The molecule has 0 aromatic carbocycles. The van der Waals surface area contributed by atoms with Crippen molar-refractivity contribution < 1.29 is 17.6 Å². The number of H-pyrrole nitrogens is 1. The number of halogens is 4. The van der Waals surface area contributed by atoms with Crippen LogP contribution in [0.15, 0.2) is 24.5 Å². The Morgan fingerprint density at radius 2 is 2.00 bits per heavy atom. The fraction of sp³-hybridized carbons (Fsp3) is 0.316. The third kappa shape index (κ3) is 3.52. The lowest BCUT2D eigenvalue weighted by Crippen LogP contribution is -2.22. The first-order valence-corrected chi connectivity index (χ1v) is 9.09. The Balaban J connectivity index is 2.14. The van der Waals surface area contributed by atoms with E-state index in [4.69, 9.17) is 0 Å². The molecule has 1 N–H and O–H groups in total. The molecule has 0 unspecified atom stereocenters. The molecule has 0 radical (unpaired) electrons. The van der Waals surface area contributed by atoms with Crippen molar-refractivity contribution in [1.29, 1.82) is 5.26 Å². The molecule has 0 atom stereocenters. The predicted octanol–water partition coefficient (Wildman–Crippen LogP) is 3.72. The Morgan fingerprint density at radius 3 is 2.55 bits per heavy atom. The van der Waals surface area contributed by atoms with Gasteiger partial charge in [0, 0.05) is 18.8 Å². The first-order chi connectivity index (χ1) is 14.5. The van der Waals surface area contributed by atoms with Crippen LogP contribution in [0.1, 0.15) is 19.4 Å². The van der Waals surface area contributed by atoms with E-state index in [9.17, 15) is 22.8 Å². The van der Waals surface area contributed by atoms with E-state index in [1.807, 2.05) is 0 Å². The minimum atomic E-state index is -4.56. The molecule has 4 aromatic rings. The molecule has 8 nitrogen and oxygen atoms in total. The number of nitrogens with one attached hydrogen (secondary N) is 1. The van der Waals surface area contributed by atoms with Crippen molar-refractivity contribution in [3.8, 4) is 28.8 Å². The lowest BCUT2D eigenvalue weighted by Gasteiger charge is -2.20. The summed E-state index contributed by atoms with van der Waals surface area (Å²) in [5.41, 5.74) is -0.257. The average Bonchev–Trinajstić information content (AvgIpc) is 3.40. The van der Waals surface area contributed by atoms with Gasteiger partial charge in [0.05, 0.1) is 34.6 Å². The summed E-state index contributed by atoms with van der Waals surface area (Å²) >= 11 is 0. The van der Waals surface area contributed by atoms with Gasteiger partial charge in [-0.2, -0.15) is 33.7 Å². The maximum atomic E-state index is 14.4. The fourth-order valence-corrected chi connectivity index (χ4v) is 3.39. The van der Waals surface area contributed by atoms with Crippen molar-refractivity contribution in [2.75, 3.05) is 0 Å². The summed E-state index contributed by atoms with van der Waals surface area (Å²) in [6, 6.07) is 5.05. The lowest BCUT2D eigenvalue weighted by atomic mass is 9.85. The number of aromatic nitrogens is 7. The van der Waals surface area contributed by atoms with Crippen LogP contribution in [0.25, 0.3) is 33.8 Å². The topological polar surface area (TPSA) is 101 Å². The molecule has 160 valence electrons. The summed E-state index contributed by atoms with van der Waals surface area (Å²) in [5, 5.41) is 24.2. The van der Waals surface area contributed by atoms with Crippen LogP contribution < -0.4 is 0 Å². The third-order valence-corrected chi connectivity index (χ3v) is 4.87. The molecule has 4 rings (SSSR count). The number of hydrogen-bond acceptors (Lipinski definition) is 5. The van der Waals surface area contributed by atoms with Crippen molar-refractivity contribution in [3.05, 3.63) is 35.9 Å². The molecule has 0 fully saturated rings. The highest BCUT2D eigenvalue weighted by atomic mass is 19.4. The van der Waals surface area contributed by atoms with Gasteiger partial charge < -0.3 is 0 Å². The van der Waals surface area contributed by atoms with Crippen LogP contribution in [0.5, 0.6) is 0 Å². The molecular formula is C19H16F4N8. The van der Waals surface area contributed by atoms with Crippen LogP contribution in [-0.4, -0.2) is 40.9 Å². The molecular weight excluding hydrogens is 416 g/mol. The number of rotatable bonds is 4. The Kier molecular flexibility index (Phi) is 4.57. The zero-order valence-corrected chi connectivity index (χ0v) is 16.7. The molecule has 12 heteroatoms. The van der Waals surface area contributed by atoms with Crippen LogP contribution in [0, 0.1) is 17.1 Å². The first kappa shape index (κ1) is 20.5. The number of aromatic amines is 1. The molecule has 0 amide bonds. The van der Waals surface area contributed by atoms with Crippen LogP contribution in [-0.2, 0) is 19.0 Å².